The Kier molecular flexibility index (Phi) is 6.84. The van der Waals surface area contributed by atoms with Crippen molar-refractivity contribution in [2.24, 2.45) is 0 Å². The van der Waals surface area contributed by atoms with Crippen LogP contribution < -0.4 is 4.90 Å². The van der Waals surface area contributed by atoms with Gasteiger partial charge >= 0.3 is 0 Å². The van der Waals surface area contributed by atoms with Crippen LogP contribution in [-0.2, 0) is 0 Å². The fraction of sp³-hybridized carbons (Fsp3) is 0. The molecule has 1 heterocycles. The highest BCUT2D eigenvalue weighted by molar-refractivity contribution is 6.20. The third-order valence-electron chi connectivity index (χ3n) is 9.26. The molecule has 8 aromatic carbocycles. The number of hydrogen-bond donors (Lipinski definition) is 0. The van der Waals surface area contributed by atoms with Gasteiger partial charge in [0.15, 0.2) is 5.58 Å². The first kappa shape index (κ1) is 27.9. The highest BCUT2D eigenvalue weighted by Crippen LogP contribution is 2.46. The fourth-order valence-electron chi connectivity index (χ4n) is 6.94. The summed E-state index contributed by atoms with van der Waals surface area (Å²) in [6, 6.07) is 66.6. The normalized spacial score (nSPS) is 11.3. The van der Waals surface area contributed by atoms with Gasteiger partial charge in [-0.1, -0.05) is 152 Å². The van der Waals surface area contributed by atoms with E-state index in [1.807, 2.05) is 0 Å². The van der Waals surface area contributed by atoms with E-state index in [4.69, 9.17) is 4.42 Å². The van der Waals surface area contributed by atoms with Crippen LogP contribution in [-0.4, -0.2) is 0 Å². The van der Waals surface area contributed by atoms with E-state index in [1.54, 1.807) is 0 Å². The number of nitrogens with zero attached hydrogens (tertiary/aromatic N) is 1. The number of benzene rings is 8. The number of anilines is 3. The molecule has 0 amide bonds. The SMILES string of the molecule is c1ccc(-c2ccc(-c3ccc(N(c4ccccc4)c4cccc5c4oc4c(-c6ccccc6)c6ccccc6cc45)cc3)cc2)cc1. The van der Waals surface area contributed by atoms with Crippen LogP contribution >= 0.6 is 0 Å². The van der Waals surface area contributed by atoms with E-state index in [0.717, 1.165) is 50.1 Å². The highest BCUT2D eigenvalue weighted by atomic mass is 16.3. The van der Waals surface area contributed by atoms with Gasteiger partial charge in [0.05, 0.1) is 5.69 Å². The molecule has 0 radical (unpaired) electrons. The van der Waals surface area contributed by atoms with Crippen molar-refractivity contribution >= 4 is 49.8 Å². The van der Waals surface area contributed by atoms with Gasteiger partial charge in [-0.25, -0.2) is 0 Å². The van der Waals surface area contributed by atoms with E-state index in [0.29, 0.717) is 0 Å². The van der Waals surface area contributed by atoms with Crippen molar-refractivity contribution in [1.82, 2.24) is 0 Å². The summed E-state index contributed by atoms with van der Waals surface area (Å²) >= 11 is 0. The van der Waals surface area contributed by atoms with Gasteiger partial charge < -0.3 is 9.32 Å². The monoisotopic (exact) mass is 613 g/mol. The molecule has 0 fully saturated rings. The maximum atomic E-state index is 7.00. The number of fused-ring (bicyclic) bond motifs is 4. The van der Waals surface area contributed by atoms with Crippen LogP contribution in [0.2, 0.25) is 0 Å². The zero-order valence-corrected chi connectivity index (χ0v) is 26.3. The van der Waals surface area contributed by atoms with E-state index >= 15 is 0 Å². The Labute approximate surface area is 279 Å². The van der Waals surface area contributed by atoms with Crippen molar-refractivity contribution < 1.29 is 4.42 Å². The van der Waals surface area contributed by atoms with Crippen molar-refractivity contribution in [3.63, 3.8) is 0 Å². The largest absolute Gasteiger partial charge is 0.453 e. The molecular formula is C46H31NO. The maximum Gasteiger partial charge on any atom is 0.159 e. The molecule has 9 rings (SSSR count). The predicted molar refractivity (Wildman–Crippen MR) is 202 cm³/mol. The third kappa shape index (κ3) is 4.83. The molecular weight excluding hydrogens is 583 g/mol. The molecule has 48 heavy (non-hydrogen) atoms. The molecule has 1 aromatic heterocycles. The van der Waals surface area contributed by atoms with Crippen LogP contribution in [0.3, 0.4) is 0 Å². The lowest BCUT2D eigenvalue weighted by Crippen LogP contribution is -2.10. The van der Waals surface area contributed by atoms with Crippen LogP contribution in [0.15, 0.2) is 192 Å². The summed E-state index contributed by atoms with van der Waals surface area (Å²) in [4.78, 5) is 2.30. The van der Waals surface area contributed by atoms with Crippen molar-refractivity contribution in [1.29, 1.82) is 0 Å². The highest BCUT2D eigenvalue weighted by Gasteiger charge is 2.22. The zero-order chi connectivity index (χ0) is 31.9. The first-order valence-corrected chi connectivity index (χ1v) is 16.4. The topological polar surface area (TPSA) is 16.4 Å². The Morgan fingerprint density at radius 3 is 1.50 bits per heavy atom. The molecule has 0 bridgehead atoms. The van der Waals surface area contributed by atoms with Crippen LogP contribution in [0.25, 0.3) is 66.1 Å². The lowest BCUT2D eigenvalue weighted by molar-refractivity contribution is 0.670. The van der Waals surface area contributed by atoms with Crippen LogP contribution in [0.5, 0.6) is 0 Å². The predicted octanol–water partition coefficient (Wildman–Crippen LogP) is 13.2. The minimum Gasteiger partial charge on any atom is -0.453 e. The standard InChI is InChI=1S/C46H31NO/c1-4-13-32(14-5-1)33-23-25-34(26-24-33)35-27-29-39(30-28-35)47(38-18-8-3-9-19-38)43-22-12-21-41-42-31-37-17-10-11-20-40(37)44(46(42)48-45(41)43)36-15-6-2-7-16-36/h1-31H. The van der Waals surface area contributed by atoms with Crippen LogP contribution in [0.4, 0.5) is 17.1 Å². The van der Waals surface area contributed by atoms with Crippen molar-refractivity contribution in [2.45, 2.75) is 0 Å². The van der Waals surface area contributed by atoms with E-state index in [9.17, 15) is 0 Å². The van der Waals surface area contributed by atoms with Gasteiger partial charge in [-0.2, -0.15) is 0 Å². The van der Waals surface area contributed by atoms with Gasteiger partial charge in [-0.05, 0) is 75.0 Å². The van der Waals surface area contributed by atoms with E-state index in [-0.39, 0.29) is 0 Å². The van der Waals surface area contributed by atoms with Gasteiger partial charge in [0.2, 0.25) is 0 Å². The van der Waals surface area contributed by atoms with Crippen molar-refractivity contribution in [2.75, 3.05) is 4.90 Å². The Hall–Kier alpha value is -6.38. The van der Waals surface area contributed by atoms with Gasteiger partial charge in [0.1, 0.15) is 5.58 Å². The molecule has 226 valence electrons. The first-order valence-electron chi connectivity index (χ1n) is 16.4. The minimum atomic E-state index is 0.865. The second-order valence-electron chi connectivity index (χ2n) is 12.1. The molecule has 0 atom stereocenters. The summed E-state index contributed by atoms with van der Waals surface area (Å²) in [5.74, 6) is 0. The van der Waals surface area contributed by atoms with Gasteiger partial charge in [-0.3, -0.25) is 0 Å². The number of hydrogen-bond acceptors (Lipinski definition) is 2. The summed E-state index contributed by atoms with van der Waals surface area (Å²) in [6.07, 6.45) is 0. The summed E-state index contributed by atoms with van der Waals surface area (Å²) < 4.78 is 7.00. The van der Waals surface area contributed by atoms with Gasteiger partial charge in [0.25, 0.3) is 0 Å². The summed E-state index contributed by atoms with van der Waals surface area (Å²) in [5, 5.41) is 4.60. The maximum absolute atomic E-state index is 7.00. The molecule has 9 aromatic rings. The van der Waals surface area contributed by atoms with Crippen LogP contribution in [0.1, 0.15) is 0 Å². The Bertz CT molecular complexity index is 2520. The molecule has 2 nitrogen and oxygen atoms in total. The summed E-state index contributed by atoms with van der Waals surface area (Å²) in [5.41, 5.74) is 12.0. The average Bonchev–Trinajstić information content (AvgIpc) is 3.54. The second kappa shape index (κ2) is 11.8. The van der Waals surface area contributed by atoms with Gasteiger partial charge in [0, 0.05) is 27.7 Å². The zero-order valence-electron chi connectivity index (χ0n) is 26.3. The molecule has 0 aliphatic heterocycles. The minimum absolute atomic E-state index is 0.865. The average molecular weight is 614 g/mol. The van der Waals surface area contributed by atoms with E-state index in [2.05, 4.69) is 193 Å². The number of rotatable bonds is 6. The molecule has 0 spiro atoms. The first-order chi connectivity index (χ1) is 23.8. The molecule has 2 heteroatoms. The van der Waals surface area contributed by atoms with E-state index in [1.165, 1.54) is 33.0 Å². The molecule has 0 aliphatic rings. The Morgan fingerprint density at radius 1 is 0.333 bits per heavy atom. The fourth-order valence-corrected chi connectivity index (χ4v) is 6.94. The number of furan rings is 1. The van der Waals surface area contributed by atoms with Crippen LogP contribution in [0, 0.1) is 0 Å². The lowest BCUT2D eigenvalue weighted by Gasteiger charge is -2.25. The second-order valence-corrected chi connectivity index (χ2v) is 12.1. The molecule has 0 saturated carbocycles. The lowest BCUT2D eigenvalue weighted by atomic mass is 9.95. The van der Waals surface area contributed by atoms with E-state index < -0.39 is 0 Å². The van der Waals surface area contributed by atoms with Crippen molar-refractivity contribution in [3.05, 3.63) is 188 Å². The van der Waals surface area contributed by atoms with Crippen molar-refractivity contribution in [3.8, 4) is 33.4 Å². The third-order valence-corrected chi connectivity index (χ3v) is 9.26. The summed E-state index contributed by atoms with van der Waals surface area (Å²) in [7, 11) is 0. The number of para-hydroxylation sites is 2. The molecule has 0 saturated heterocycles. The Balaban J connectivity index is 1.19. The van der Waals surface area contributed by atoms with Gasteiger partial charge in [-0.15, -0.1) is 0 Å². The smallest absolute Gasteiger partial charge is 0.159 e. The molecule has 0 N–H and O–H groups in total. The Morgan fingerprint density at radius 2 is 0.833 bits per heavy atom. The molecule has 0 unspecified atom stereocenters. The summed E-state index contributed by atoms with van der Waals surface area (Å²) in [6.45, 7) is 0. The molecule has 0 aliphatic carbocycles. The quantitative estimate of drug-likeness (QED) is 0.185.